The fourth-order valence-electron chi connectivity index (χ4n) is 1.97. The van der Waals surface area contributed by atoms with Gasteiger partial charge in [0.05, 0.1) is 10.1 Å². The first kappa shape index (κ1) is 24.4. The number of carbonyl (C=O) groups is 1. The summed E-state index contributed by atoms with van der Waals surface area (Å²) < 4.78 is 26.0. The van der Waals surface area contributed by atoms with E-state index in [1.54, 1.807) is 24.3 Å². The number of benzene rings is 2. The molecule has 0 bridgehead atoms. The number of hydrogen-bond donors (Lipinski definition) is 2. The van der Waals surface area contributed by atoms with Gasteiger partial charge in [-0.2, -0.15) is 25.3 Å². The minimum absolute atomic E-state index is 0.0607. The Labute approximate surface area is 179 Å². The summed E-state index contributed by atoms with van der Waals surface area (Å²) in [6.07, 6.45) is 2.86. The smallest absolute Gasteiger partial charge is 0.152 e. The number of carbonyl (C=O) groups excluding carboxylic acids is 1. The SMILES string of the molecule is Fc1ccccc1C1SCCCS1.O=Cc1ccccc1F.SCCCS. The minimum atomic E-state index is -0.465. The standard InChI is InChI=1S/C10H11FS2.C7H5FO.C3H8S2/c11-9-5-2-1-4-8(9)10-12-6-3-7-13-10;8-7-4-2-1-3-6(7)5-9;4-2-1-3-5/h1-2,4-5,10H,3,6-7H2;1-5H;4-5H,1-3H2. The summed E-state index contributed by atoms with van der Waals surface area (Å²) in [4.78, 5) is 9.99. The molecule has 0 aliphatic carbocycles. The van der Waals surface area contributed by atoms with Crippen LogP contribution in [-0.4, -0.2) is 29.3 Å². The zero-order chi connectivity index (χ0) is 19.9. The monoisotopic (exact) mass is 446 g/mol. The van der Waals surface area contributed by atoms with Gasteiger partial charge in [-0.25, -0.2) is 8.78 Å². The van der Waals surface area contributed by atoms with Gasteiger partial charge in [0, 0.05) is 5.56 Å². The lowest BCUT2D eigenvalue weighted by Gasteiger charge is -2.21. The van der Waals surface area contributed by atoms with Crippen LogP contribution in [0.15, 0.2) is 48.5 Å². The molecule has 0 N–H and O–H groups in total. The van der Waals surface area contributed by atoms with Crippen LogP contribution in [0.3, 0.4) is 0 Å². The minimum Gasteiger partial charge on any atom is -0.298 e. The number of halogens is 2. The third-order valence-corrected chi connectivity index (χ3v) is 6.95. The summed E-state index contributed by atoms with van der Waals surface area (Å²) in [7, 11) is 0. The van der Waals surface area contributed by atoms with E-state index in [9.17, 15) is 13.6 Å². The Bertz CT molecular complexity index is 662. The molecule has 3 rings (SSSR count). The van der Waals surface area contributed by atoms with Crippen LogP contribution in [0.25, 0.3) is 0 Å². The molecule has 1 heterocycles. The van der Waals surface area contributed by atoms with Crippen LogP contribution in [0, 0.1) is 11.6 Å². The lowest BCUT2D eigenvalue weighted by Crippen LogP contribution is -2.01. The van der Waals surface area contributed by atoms with Crippen LogP contribution >= 0.6 is 48.8 Å². The van der Waals surface area contributed by atoms with Gasteiger partial charge in [0.25, 0.3) is 0 Å². The second-order valence-corrected chi connectivity index (χ2v) is 9.01. The highest BCUT2D eigenvalue weighted by atomic mass is 32.2. The molecular weight excluding hydrogens is 422 g/mol. The van der Waals surface area contributed by atoms with Crippen molar-refractivity contribution >= 4 is 55.1 Å². The maximum absolute atomic E-state index is 13.3. The van der Waals surface area contributed by atoms with Gasteiger partial charge in [-0.05, 0) is 54.1 Å². The highest BCUT2D eigenvalue weighted by molar-refractivity contribution is 8.16. The largest absolute Gasteiger partial charge is 0.298 e. The summed E-state index contributed by atoms with van der Waals surface area (Å²) >= 11 is 11.6. The van der Waals surface area contributed by atoms with Crippen molar-refractivity contribution in [1.29, 1.82) is 0 Å². The van der Waals surface area contributed by atoms with Crippen molar-refractivity contribution in [2.75, 3.05) is 23.0 Å². The van der Waals surface area contributed by atoms with E-state index in [-0.39, 0.29) is 11.4 Å². The molecule has 0 atom stereocenters. The topological polar surface area (TPSA) is 17.1 Å². The molecule has 1 fully saturated rings. The average Bonchev–Trinajstić information content (AvgIpc) is 2.71. The van der Waals surface area contributed by atoms with Crippen LogP contribution in [-0.2, 0) is 0 Å². The second kappa shape index (κ2) is 15.3. The number of hydrogen-bond acceptors (Lipinski definition) is 5. The first-order chi connectivity index (χ1) is 13.1. The Hall–Kier alpha value is -0.630. The predicted octanol–water partition coefficient (Wildman–Crippen LogP) is 6.57. The number of rotatable bonds is 4. The third-order valence-electron chi connectivity index (χ3n) is 3.33. The van der Waals surface area contributed by atoms with Gasteiger partial charge in [-0.1, -0.05) is 30.3 Å². The molecule has 1 aliphatic rings. The fourth-order valence-corrected chi connectivity index (χ4v) is 5.48. The highest BCUT2D eigenvalue weighted by Crippen LogP contribution is 2.44. The number of thiol groups is 2. The summed E-state index contributed by atoms with van der Waals surface area (Å²) in [5, 5.41) is 0. The normalized spacial score (nSPS) is 13.6. The van der Waals surface area contributed by atoms with Crippen LogP contribution in [0.5, 0.6) is 0 Å². The van der Waals surface area contributed by atoms with Crippen molar-refractivity contribution < 1.29 is 13.6 Å². The van der Waals surface area contributed by atoms with Gasteiger partial charge in [0.1, 0.15) is 11.6 Å². The predicted molar refractivity (Wildman–Crippen MR) is 123 cm³/mol. The Balaban J connectivity index is 0.000000227. The van der Waals surface area contributed by atoms with Crippen molar-refractivity contribution in [3.63, 3.8) is 0 Å². The van der Waals surface area contributed by atoms with Gasteiger partial charge in [0.2, 0.25) is 0 Å². The van der Waals surface area contributed by atoms with E-state index < -0.39 is 5.82 Å². The van der Waals surface area contributed by atoms with Crippen LogP contribution in [0.1, 0.15) is 33.3 Å². The molecule has 0 radical (unpaired) electrons. The molecule has 1 saturated heterocycles. The fraction of sp³-hybridized carbons (Fsp3) is 0.350. The molecule has 7 heteroatoms. The molecule has 0 spiro atoms. The Morgan fingerprint density at radius 2 is 1.48 bits per heavy atom. The van der Waals surface area contributed by atoms with E-state index in [0.29, 0.717) is 10.9 Å². The van der Waals surface area contributed by atoms with E-state index in [1.165, 1.54) is 18.6 Å². The molecule has 1 aliphatic heterocycles. The van der Waals surface area contributed by atoms with Gasteiger partial charge >= 0.3 is 0 Å². The van der Waals surface area contributed by atoms with Crippen molar-refractivity contribution in [3.05, 3.63) is 71.3 Å². The lowest BCUT2D eigenvalue weighted by atomic mass is 10.2. The zero-order valence-corrected chi connectivity index (χ0v) is 18.3. The first-order valence-electron chi connectivity index (χ1n) is 8.53. The van der Waals surface area contributed by atoms with E-state index in [0.717, 1.165) is 35.0 Å². The molecule has 0 saturated carbocycles. The summed E-state index contributed by atoms with van der Waals surface area (Å²) in [5.74, 6) is 3.72. The van der Waals surface area contributed by atoms with Crippen molar-refractivity contribution in [2.45, 2.75) is 17.4 Å². The third kappa shape index (κ3) is 9.92. The lowest BCUT2D eigenvalue weighted by molar-refractivity contribution is 0.112. The number of aldehydes is 1. The molecule has 0 aromatic heterocycles. The Morgan fingerprint density at radius 3 is 1.93 bits per heavy atom. The maximum atomic E-state index is 13.3. The highest BCUT2D eigenvalue weighted by Gasteiger charge is 2.18. The van der Waals surface area contributed by atoms with Crippen LogP contribution in [0.4, 0.5) is 8.78 Å². The average molecular weight is 447 g/mol. The van der Waals surface area contributed by atoms with Crippen molar-refractivity contribution in [1.82, 2.24) is 0 Å². The molecule has 0 amide bonds. The van der Waals surface area contributed by atoms with Crippen LogP contribution < -0.4 is 0 Å². The molecule has 0 unspecified atom stereocenters. The summed E-state index contributed by atoms with van der Waals surface area (Å²) in [5.41, 5.74) is 0.967. The van der Waals surface area contributed by atoms with E-state index >= 15 is 0 Å². The molecule has 1 nitrogen and oxygen atoms in total. The Kier molecular flexibility index (Phi) is 13.8. The summed E-state index contributed by atoms with van der Waals surface area (Å²) in [6.45, 7) is 0. The first-order valence-corrected chi connectivity index (χ1v) is 11.9. The molecule has 27 heavy (non-hydrogen) atoms. The van der Waals surface area contributed by atoms with Crippen molar-refractivity contribution in [3.8, 4) is 0 Å². The quantitative estimate of drug-likeness (QED) is 0.409. The van der Waals surface area contributed by atoms with Gasteiger partial charge in [-0.3, -0.25) is 4.79 Å². The maximum Gasteiger partial charge on any atom is 0.152 e. The summed E-state index contributed by atoms with van der Waals surface area (Å²) in [6, 6.07) is 12.9. The van der Waals surface area contributed by atoms with Crippen molar-refractivity contribution in [2.24, 2.45) is 0 Å². The molecule has 2 aromatic rings. The van der Waals surface area contributed by atoms with E-state index in [4.69, 9.17) is 0 Å². The second-order valence-electron chi connectivity index (χ2n) is 5.39. The zero-order valence-electron chi connectivity index (χ0n) is 14.9. The molecule has 148 valence electrons. The van der Waals surface area contributed by atoms with Crippen LogP contribution in [0.2, 0.25) is 0 Å². The Morgan fingerprint density at radius 1 is 0.926 bits per heavy atom. The molecular formula is C20H24F2OS4. The van der Waals surface area contributed by atoms with E-state index in [1.807, 2.05) is 35.7 Å². The van der Waals surface area contributed by atoms with E-state index in [2.05, 4.69) is 25.3 Å². The van der Waals surface area contributed by atoms with Gasteiger partial charge in [-0.15, -0.1) is 23.5 Å². The molecule has 2 aromatic carbocycles. The van der Waals surface area contributed by atoms with Gasteiger partial charge < -0.3 is 0 Å². The van der Waals surface area contributed by atoms with Gasteiger partial charge in [0.15, 0.2) is 6.29 Å². The number of thioether (sulfide) groups is 2.